The van der Waals surface area contributed by atoms with E-state index < -0.39 is 22.7 Å². The molecule has 0 aliphatic heterocycles. The molecular weight excluding hydrogens is 275 g/mol. The first-order valence-corrected chi connectivity index (χ1v) is 6.50. The molecule has 96 valence electrons. The lowest BCUT2D eigenvalue weighted by Crippen LogP contribution is -2.11. The van der Waals surface area contributed by atoms with E-state index in [4.69, 9.17) is 5.11 Å². The van der Waals surface area contributed by atoms with Gasteiger partial charge in [-0.2, -0.15) is 24.9 Å². The molecule has 0 radical (unpaired) electrons. The third-order valence-corrected chi connectivity index (χ3v) is 4.01. The van der Waals surface area contributed by atoms with Crippen LogP contribution < -0.4 is 0 Å². The summed E-state index contributed by atoms with van der Waals surface area (Å²) < 4.78 is 37.5. The van der Waals surface area contributed by atoms with Gasteiger partial charge in [0.05, 0.1) is 0 Å². The SMILES string of the molecule is CC(C)SCc1nc(C(F)(F)F)c(C(=O)O)s1. The molecule has 0 bridgehead atoms. The molecule has 0 unspecified atom stereocenters. The Labute approximate surface area is 104 Å². The van der Waals surface area contributed by atoms with Crippen LogP contribution in [0, 0.1) is 0 Å². The number of nitrogens with zero attached hydrogens (tertiary/aromatic N) is 1. The molecule has 1 aromatic rings. The summed E-state index contributed by atoms with van der Waals surface area (Å²) in [5, 5.41) is 9.12. The first-order chi connectivity index (χ1) is 7.71. The largest absolute Gasteiger partial charge is 0.477 e. The maximum atomic E-state index is 12.5. The molecule has 0 fully saturated rings. The van der Waals surface area contributed by atoms with E-state index in [1.165, 1.54) is 11.8 Å². The number of alkyl halides is 3. The fourth-order valence-corrected chi connectivity index (χ4v) is 2.70. The maximum Gasteiger partial charge on any atom is 0.435 e. The van der Waals surface area contributed by atoms with Crippen molar-refractivity contribution in [2.75, 3.05) is 0 Å². The summed E-state index contributed by atoms with van der Waals surface area (Å²) >= 11 is 2.00. The van der Waals surface area contributed by atoms with E-state index in [1.54, 1.807) is 0 Å². The van der Waals surface area contributed by atoms with E-state index >= 15 is 0 Å². The molecule has 0 atom stereocenters. The number of carboxylic acid groups (broad SMARTS) is 1. The van der Waals surface area contributed by atoms with Gasteiger partial charge in [-0.3, -0.25) is 0 Å². The number of rotatable bonds is 4. The van der Waals surface area contributed by atoms with Crippen LogP contribution in [0.1, 0.15) is 34.2 Å². The van der Waals surface area contributed by atoms with Crippen LogP contribution in [0.25, 0.3) is 0 Å². The van der Waals surface area contributed by atoms with E-state index in [2.05, 4.69) is 4.98 Å². The predicted molar refractivity (Wildman–Crippen MR) is 60.5 cm³/mol. The van der Waals surface area contributed by atoms with Crippen molar-refractivity contribution in [1.29, 1.82) is 0 Å². The first-order valence-electron chi connectivity index (χ1n) is 4.63. The lowest BCUT2D eigenvalue weighted by Gasteiger charge is -2.03. The normalized spacial score (nSPS) is 12.1. The second-order valence-corrected chi connectivity index (χ2v) is 6.10. The zero-order valence-corrected chi connectivity index (χ0v) is 10.7. The smallest absolute Gasteiger partial charge is 0.435 e. The average molecular weight is 285 g/mol. The Morgan fingerprint density at radius 2 is 2.12 bits per heavy atom. The summed E-state index contributed by atoms with van der Waals surface area (Å²) in [7, 11) is 0. The molecule has 1 aromatic heterocycles. The fourth-order valence-electron chi connectivity index (χ4n) is 1.00. The molecule has 0 amide bonds. The average Bonchev–Trinajstić information content (AvgIpc) is 2.57. The number of hydrogen-bond donors (Lipinski definition) is 1. The van der Waals surface area contributed by atoms with Gasteiger partial charge >= 0.3 is 12.1 Å². The molecule has 1 N–H and O–H groups in total. The van der Waals surface area contributed by atoms with Crippen molar-refractivity contribution in [2.24, 2.45) is 0 Å². The highest BCUT2D eigenvalue weighted by Crippen LogP contribution is 2.35. The van der Waals surface area contributed by atoms with Gasteiger partial charge in [0.25, 0.3) is 0 Å². The highest BCUT2D eigenvalue weighted by atomic mass is 32.2. The quantitative estimate of drug-likeness (QED) is 0.919. The number of aromatic nitrogens is 1. The van der Waals surface area contributed by atoms with Gasteiger partial charge in [-0.1, -0.05) is 13.8 Å². The molecule has 17 heavy (non-hydrogen) atoms. The molecule has 0 aromatic carbocycles. The Hall–Kier alpha value is -0.760. The van der Waals surface area contributed by atoms with Gasteiger partial charge in [0.15, 0.2) is 5.69 Å². The van der Waals surface area contributed by atoms with Crippen LogP contribution in [0.2, 0.25) is 0 Å². The summed E-state index contributed by atoms with van der Waals surface area (Å²) in [5.74, 6) is -1.30. The third-order valence-electron chi connectivity index (χ3n) is 1.67. The Morgan fingerprint density at radius 1 is 1.53 bits per heavy atom. The minimum Gasteiger partial charge on any atom is -0.477 e. The van der Waals surface area contributed by atoms with Crippen LogP contribution in [-0.4, -0.2) is 21.3 Å². The van der Waals surface area contributed by atoms with Gasteiger partial charge in [-0.25, -0.2) is 9.78 Å². The van der Waals surface area contributed by atoms with Gasteiger partial charge < -0.3 is 5.11 Å². The number of thioether (sulfide) groups is 1. The third kappa shape index (κ3) is 3.88. The minimum atomic E-state index is -4.72. The van der Waals surface area contributed by atoms with E-state index in [0.717, 1.165) is 0 Å². The molecule has 3 nitrogen and oxygen atoms in total. The number of hydrogen-bond acceptors (Lipinski definition) is 4. The molecule has 0 spiro atoms. The topological polar surface area (TPSA) is 50.2 Å². The van der Waals surface area contributed by atoms with Crippen molar-refractivity contribution in [2.45, 2.75) is 31.0 Å². The molecule has 0 aliphatic carbocycles. The highest BCUT2D eigenvalue weighted by Gasteiger charge is 2.39. The second-order valence-electron chi connectivity index (χ2n) is 3.45. The summed E-state index contributed by atoms with van der Waals surface area (Å²) in [6.07, 6.45) is -4.72. The number of thiazole rings is 1. The first kappa shape index (κ1) is 14.3. The maximum absolute atomic E-state index is 12.5. The molecule has 1 rings (SSSR count). The molecule has 1 heterocycles. The van der Waals surface area contributed by atoms with Gasteiger partial charge in [-0.15, -0.1) is 11.3 Å². The van der Waals surface area contributed by atoms with Crippen molar-refractivity contribution < 1.29 is 23.1 Å². The van der Waals surface area contributed by atoms with Crippen LogP contribution in [-0.2, 0) is 11.9 Å². The molecular formula is C9H10F3NO2S2. The Kier molecular flexibility index (Phi) is 4.42. The fraction of sp³-hybridized carbons (Fsp3) is 0.556. The number of carboxylic acids is 1. The van der Waals surface area contributed by atoms with Crippen LogP contribution in [0.15, 0.2) is 0 Å². The minimum absolute atomic E-state index is 0.188. The van der Waals surface area contributed by atoms with Crippen molar-refractivity contribution in [3.8, 4) is 0 Å². The van der Waals surface area contributed by atoms with Crippen LogP contribution in [0.4, 0.5) is 13.2 Å². The molecule has 0 aliphatic rings. The van der Waals surface area contributed by atoms with Crippen LogP contribution in [0.3, 0.4) is 0 Å². The molecule has 0 saturated carbocycles. The Bertz CT molecular complexity index is 415. The van der Waals surface area contributed by atoms with Crippen LogP contribution >= 0.6 is 23.1 Å². The zero-order valence-electron chi connectivity index (χ0n) is 9.04. The highest BCUT2D eigenvalue weighted by molar-refractivity contribution is 7.99. The zero-order chi connectivity index (χ0) is 13.2. The van der Waals surface area contributed by atoms with E-state index in [0.29, 0.717) is 17.1 Å². The van der Waals surface area contributed by atoms with E-state index in [1.807, 2.05) is 13.8 Å². The standard InChI is InChI=1S/C9H10F3NO2S2/c1-4(2)16-3-5-13-7(9(10,11)12)6(17-5)8(14)15/h4H,3H2,1-2H3,(H,14,15). The van der Waals surface area contributed by atoms with Crippen molar-refractivity contribution in [3.05, 3.63) is 15.6 Å². The monoisotopic (exact) mass is 285 g/mol. The van der Waals surface area contributed by atoms with Crippen molar-refractivity contribution in [3.63, 3.8) is 0 Å². The van der Waals surface area contributed by atoms with Crippen molar-refractivity contribution >= 4 is 29.1 Å². The van der Waals surface area contributed by atoms with Gasteiger partial charge in [0.1, 0.15) is 9.88 Å². The lowest BCUT2D eigenvalue weighted by atomic mass is 10.3. The summed E-state index contributed by atoms with van der Waals surface area (Å²) in [6.45, 7) is 3.81. The van der Waals surface area contributed by atoms with E-state index in [9.17, 15) is 18.0 Å². The second kappa shape index (κ2) is 5.26. The van der Waals surface area contributed by atoms with Crippen LogP contribution in [0.5, 0.6) is 0 Å². The summed E-state index contributed by atoms with van der Waals surface area (Å²) in [6, 6.07) is 0. The number of halogens is 3. The number of carbonyl (C=O) groups is 1. The number of aromatic carboxylic acids is 1. The summed E-state index contributed by atoms with van der Waals surface area (Å²) in [4.78, 5) is 13.3. The van der Waals surface area contributed by atoms with Gasteiger partial charge in [-0.05, 0) is 5.25 Å². The Morgan fingerprint density at radius 3 is 2.47 bits per heavy atom. The van der Waals surface area contributed by atoms with Gasteiger partial charge in [0.2, 0.25) is 0 Å². The lowest BCUT2D eigenvalue weighted by molar-refractivity contribution is -0.141. The Balaban J connectivity index is 3.01. The van der Waals surface area contributed by atoms with E-state index in [-0.39, 0.29) is 10.3 Å². The molecule has 8 heteroatoms. The van der Waals surface area contributed by atoms with Crippen molar-refractivity contribution in [1.82, 2.24) is 4.98 Å². The predicted octanol–water partition coefficient (Wildman–Crippen LogP) is 3.50. The molecule has 0 saturated heterocycles. The van der Waals surface area contributed by atoms with Gasteiger partial charge in [0, 0.05) is 5.75 Å². The summed E-state index contributed by atoms with van der Waals surface area (Å²) in [5.41, 5.74) is -1.30.